The zero-order valence-corrected chi connectivity index (χ0v) is 22.1. The highest BCUT2D eigenvalue weighted by molar-refractivity contribution is 5.84. The number of rotatable bonds is 9. The summed E-state index contributed by atoms with van der Waals surface area (Å²) in [4.78, 5) is 9.74. The summed E-state index contributed by atoms with van der Waals surface area (Å²) in [6, 6.07) is 10.7. The lowest BCUT2D eigenvalue weighted by Gasteiger charge is -2.16. The topological polar surface area (TPSA) is 88.5 Å². The van der Waals surface area contributed by atoms with Crippen molar-refractivity contribution in [2.24, 2.45) is 7.05 Å². The second-order valence-electron chi connectivity index (χ2n) is 9.76. The van der Waals surface area contributed by atoms with Gasteiger partial charge in [0.15, 0.2) is 0 Å². The van der Waals surface area contributed by atoms with Crippen molar-refractivity contribution in [3.8, 4) is 33.6 Å². The van der Waals surface area contributed by atoms with Gasteiger partial charge in [0.1, 0.15) is 5.82 Å². The first-order chi connectivity index (χ1) is 18.6. The maximum Gasteiger partial charge on any atom is 0.134 e. The molecule has 9 heteroatoms. The fraction of sp³-hybridized carbons (Fsp3) is 0.345. The zero-order chi connectivity index (χ0) is 26.1. The summed E-state index contributed by atoms with van der Waals surface area (Å²) in [5.74, 6) is 0.767. The van der Waals surface area contributed by atoms with Crippen LogP contribution in [0.1, 0.15) is 36.1 Å². The van der Waals surface area contributed by atoms with Gasteiger partial charge in [0, 0.05) is 56.0 Å². The van der Waals surface area contributed by atoms with Crippen LogP contribution >= 0.6 is 0 Å². The monoisotopic (exact) mass is 508 g/mol. The summed E-state index contributed by atoms with van der Waals surface area (Å²) in [5, 5.41) is 14.0. The van der Waals surface area contributed by atoms with E-state index in [9.17, 15) is 0 Å². The van der Waals surface area contributed by atoms with E-state index in [0.29, 0.717) is 13.0 Å². The highest BCUT2D eigenvalue weighted by atomic mass is 16.5. The van der Waals surface area contributed by atoms with Gasteiger partial charge in [-0.2, -0.15) is 15.3 Å². The van der Waals surface area contributed by atoms with Crippen molar-refractivity contribution in [3.05, 3.63) is 77.9 Å². The molecule has 0 amide bonds. The number of hydrogen-bond donors (Lipinski definition) is 0. The number of aromatic nitrogens is 8. The Morgan fingerprint density at radius 3 is 2.58 bits per heavy atom. The Kier molecular flexibility index (Phi) is 6.59. The third kappa shape index (κ3) is 4.65. The Labute approximate surface area is 222 Å². The first-order valence-corrected chi connectivity index (χ1v) is 13.2. The molecule has 0 bridgehead atoms. The Hall–Kier alpha value is -4.11. The molecule has 0 saturated heterocycles. The molecule has 0 fully saturated rings. The molecule has 4 aromatic heterocycles. The fourth-order valence-electron chi connectivity index (χ4n) is 5.17. The summed E-state index contributed by atoms with van der Waals surface area (Å²) in [6.07, 6.45) is 11.4. The maximum absolute atomic E-state index is 5.16. The first-order valence-electron chi connectivity index (χ1n) is 13.2. The first kappa shape index (κ1) is 24.2. The van der Waals surface area contributed by atoms with Crippen molar-refractivity contribution in [2.75, 3.05) is 13.7 Å². The minimum atomic E-state index is 0.582. The molecule has 0 saturated carbocycles. The van der Waals surface area contributed by atoms with Crippen molar-refractivity contribution < 1.29 is 4.74 Å². The molecule has 1 aliphatic rings. The average molecular weight is 509 g/mol. The second-order valence-corrected chi connectivity index (χ2v) is 9.76. The van der Waals surface area contributed by atoms with Crippen LogP contribution in [-0.2, 0) is 44.1 Å². The van der Waals surface area contributed by atoms with E-state index in [1.807, 2.05) is 45.7 Å². The van der Waals surface area contributed by atoms with Crippen LogP contribution in [0.2, 0.25) is 0 Å². The van der Waals surface area contributed by atoms with Crippen LogP contribution in [-0.4, -0.2) is 53.0 Å². The standard InChI is InChI=1S/C29H32N8O/c1-4-12-37-19-23(18-31-37)20-5-7-21(8-6-20)29-27-25(34-35(29)2)10-9-22-17-30-26(32-28(22)27)16-24-11-13-36(33-24)14-15-38-3/h5-8,11,13,17-19H,4,9-10,12,14-16H2,1-3H3. The van der Waals surface area contributed by atoms with E-state index >= 15 is 0 Å². The van der Waals surface area contributed by atoms with Gasteiger partial charge >= 0.3 is 0 Å². The molecule has 0 radical (unpaired) electrons. The fourth-order valence-corrected chi connectivity index (χ4v) is 5.17. The number of hydrogen-bond acceptors (Lipinski definition) is 6. The van der Waals surface area contributed by atoms with Crippen molar-refractivity contribution in [1.29, 1.82) is 0 Å². The normalized spacial score (nSPS) is 12.5. The SMILES string of the molecule is CCCn1cc(-c2ccc(-c3c4c(nn3C)CCc3cnc(Cc5ccn(CCOC)n5)nc3-4)cc2)cn1. The van der Waals surface area contributed by atoms with Gasteiger partial charge in [-0.1, -0.05) is 31.2 Å². The Bertz CT molecular complexity index is 1560. The molecular formula is C29H32N8O. The van der Waals surface area contributed by atoms with Gasteiger partial charge in [-0.05, 0) is 36.5 Å². The highest BCUT2D eigenvalue weighted by Gasteiger charge is 2.27. The number of benzene rings is 1. The third-order valence-electron chi connectivity index (χ3n) is 7.04. The third-order valence-corrected chi connectivity index (χ3v) is 7.04. The van der Waals surface area contributed by atoms with E-state index in [0.717, 1.165) is 83.2 Å². The van der Waals surface area contributed by atoms with Gasteiger partial charge in [-0.15, -0.1) is 0 Å². The molecule has 0 atom stereocenters. The molecular weight excluding hydrogens is 476 g/mol. The Morgan fingerprint density at radius 2 is 1.76 bits per heavy atom. The van der Waals surface area contributed by atoms with Crippen molar-refractivity contribution in [1.82, 2.24) is 39.3 Å². The Morgan fingerprint density at radius 1 is 0.921 bits per heavy atom. The molecule has 194 valence electrons. The number of aryl methyl sites for hydroxylation is 4. The van der Waals surface area contributed by atoms with Crippen LogP contribution in [0.15, 0.2) is 55.1 Å². The van der Waals surface area contributed by atoms with Crippen LogP contribution in [0.4, 0.5) is 0 Å². The minimum absolute atomic E-state index is 0.582. The molecule has 0 aliphatic heterocycles. The van der Waals surface area contributed by atoms with E-state index in [1.165, 1.54) is 5.56 Å². The summed E-state index contributed by atoms with van der Waals surface area (Å²) in [6.45, 7) is 4.45. The van der Waals surface area contributed by atoms with E-state index in [4.69, 9.17) is 14.8 Å². The van der Waals surface area contributed by atoms with Crippen LogP contribution in [0.25, 0.3) is 33.6 Å². The summed E-state index contributed by atoms with van der Waals surface area (Å²) in [7, 11) is 3.72. The molecule has 1 aliphatic carbocycles. The van der Waals surface area contributed by atoms with Crippen LogP contribution in [0.3, 0.4) is 0 Å². The maximum atomic E-state index is 5.16. The molecule has 0 unspecified atom stereocenters. The van der Waals surface area contributed by atoms with Crippen LogP contribution in [0.5, 0.6) is 0 Å². The van der Waals surface area contributed by atoms with E-state index in [-0.39, 0.29) is 0 Å². The van der Waals surface area contributed by atoms with Gasteiger partial charge in [-0.25, -0.2) is 9.97 Å². The van der Waals surface area contributed by atoms with E-state index in [1.54, 1.807) is 7.11 Å². The van der Waals surface area contributed by atoms with Crippen molar-refractivity contribution >= 4 is 0 Å². The van der Waals surface area contributed by atoms with Gasteiger partial charge in [0.2, 0.25) is 0 Å². The van der Waals surface area contributed by atoms with Crippen LogP contribution in [0, 0.1) is 0 Å². The van der Waals surface area contributed by atoms with Gasteiger partial charge in [0.25, 0.3) is 0 Å². The predicted octanol–water partition coefficient (Wildman–Crippen LogP) is 4.35. The predicted molar refractivity (Wildman–Crippen MR) is 145 cm³/mol. The molecule has 9 nitrogen and oxygen atoms in total. The molecule has 0 N–H and O–H groups in total. The molecule has 38 heavy (non-hydrogen) atoms. The zero-order valence-electron chi connectivity index (χ0n) is 22.1. The number of methoxy groups -OCH3 is 1. The van der Waals surface area contributed by atoms with Gasteiger partial charge in [0.05, 0.1) is 48.5 Å². The second kappa shape index (κ2) is 10.3. The van der Waals surface area contributed by atoms with E-state index < -0.39 is 0 Å². The lowest BCUT2D eigenvalue weighted by Crippen LogP contribution is -2.09. The van der Waals surface area contributed by atoms with Gasteiger partial charge in [-0.3, -0.25) is 14.0 Å². The van der Waals surface area contributed by atoms with E-state index in [2.05, 4.69) is 52.6 Å². The molecule has 5 aromatic rings. The molecule has 4 heterocycles. The smallest absolute Gasteiger partial charge is 0.134 e. The molecule has 6 rings (SSSR count). The molecule has 0 spiro atoms. The summed E-state index contributed by atoms with van der Waals surface area (Å²) in [5.41, 5.74) is 9.80. The number of ether oxygens (including phenoxy) is 1. The minimum Gasteiger partial charge on any atom is -0.383 e. The molecule has 1 aromatic carbocycles. The van der Waals surface area contributed by atoms with Crippen molar-refractivity contribution in [2.45, 2.75) is 45.7 Å². The summed E-state index contributed by atoms with van der Waals surface area (Å²) < 4.78 is 11.0. The van der Waals surface area contributed by atoms with Crippen molar-refractivity contribution in [3.63, 3.8) is 0 Å². The lowest BCUT2D eigenvalue weighted by molar-refractivity contribution is 0.183. The quantitative estimate of drug-likeness (QED) is 0.294. The summed E-state index contributed by atoms with van der Waals surface area (Å²) >= 11 is 0. The number of nitrogens with zero attached hydrogens (tertiary/aromatic N) is 8. The average Bonchev–Trinajstić information content (AvgIpc) is 3.66. The largest absolute Gasteiger partial charge is 0.383 e. The highest BCUT2D eigenvalue weighted by Crippen LogP contribution is 2.39. The lowest BCUT2D eigenvalue weighted by atomic mass is 9.91. The van der Waals surface area contributed by atoms with Crippen LogP contribution < -0.4 is 0 Å². The van der Waals surface area contributed by atoms with Gasteiger partial charge < -0.3 is 4.74 Å². The Balaban J connectivity index is 1.31. The number of fused-ring (bicyclic) bond motifs is 3.